The molecule has 0 fully saturated rings. The Hall–Kier alpha value is -1.27. The molecule has 4 nitrogen and oxygen atoms in total. The highest BCUT2D eigenvalue weighted by Crippen LogP contribution is 2.17. The lowest BCUT2D eigenvalue weighted by atomic mass is 10.1. The minimum atomic E-state index is -0.260. The van der Waals surface area contributed by atoms with Crippen molar-refractivity contribution in [2.24, 2.45) is 5.73 Å². The maximum atomic E-state index is 13.7. The fourth-order valence-corrected chi connectivity index (χ4v) is 2.18. The normalized spacial score (nSPS) is 12.6. The summed E-state index contributed by atoms with van der Waals surface area (Å²) in [4.78, 5) is 0. The van der Waals surface area contributed by atoms with Crippen LogP contribution in [0.3, 0.4) is 0 Å². The number of aromatic nitrogens is 3. The molecule has 2 rings (SSSR count). The van der Waals surface area contributed by atoms with Crippen molar-refractivity contribution in [2.45, 2.75) is 32.4 Å². The number of hydrogen-bond acceptors (Lipinski definition) is 3. The molecule has 1 heterocycles. The molecule has 6 heteroatoms. The summed E-state index contributed by atoms with van der Waals surface area (Å²) in [5.41, 5.74) is 7.29. The topological polar surface area (TPSA) is 56.7 Å². The van der Waals surface area contributed by atoms with Crippen LogP contribution in [-0.4, -0.2) is 15.0 Å². The molecule has 19 heavy (non-hydrogen) atoms. The van der Waals surface area contributed by atoms with Crippen LogP contribution >= 0.6 is 15.9 Å². The first kappa shape index (κ1) is 14.1. The molecule has 0 aliphatic heterocycles. The highest BCUT2D eigenvalue weighted by molar-refractivity contribution is 9.10. The molecular formula is C13H16BrFN4. The van der Waals surface area contributed by atoms with E-state index in [0.717, 1.165) is 23.0 Å². The van der Waals surface area contributed by atoms with Crippen LogP contribution in [0.2, 0.25) is 0 Å². The third-order valence-electron chi connectivity index (χ3n) is 2.88. The van der Waals surface area contributed by atoms with Gasteiger partial charge in [-0.1, -0.05) is 40.6 Å². The standard InChI is InChI=1S/C13H16BrFN4/c1-2-3-12(16)13-8-19(18-17-13)7-9-4-5-10(14)6-11(9)15/h4-6,8,12H,2-3,7,16H2,1H3. The van der Waals surface area contributed by atoms with E-state index in [-0.39, 0.29) is 11.9 Å². The molecule has 1 unspecified atom stereocenters. The summed E-state index contributed by atoms with van der Waals surface area (Å²) >= 11 is 3.23. The molecular weight excluding hydrogens is 311 g/mol. The highest BCUT2D eigenvalue weighted by atomic mass is 79.9. The molecule has 0 bridgehead atoms. The summed E-state index contributed by atoms with van der Waals surface area (Å²) in [6.07, 6.45) is 3.64. The molecule has 0 amide bonds. The third kappa shape index (κ3) is 3.61. The van der Waals surface area contributed by atoms with Gasteiger partial charge in [0.1, 0.15) is 5.82 Å². The van der Waals surface area contributed by atoms with Gasteiger partial charge in [-0.15, -0.1) is 5.10 Å². The van der Waals surface area contributed by atoms with E-state index in [0.29, 0.717) is 12.1 Å². The second-order valence-corrected chi connectivity index (χ2v) is 5.39. The number of halogens is 2. The van der Waals surface area contributed by atoms with Gasteiger partial charge in [-0.2, -0.15) is 0 Å². The van der Waals surface area contributed by atoms with Gasteiger partial charge in [0.25, 0.3) is 0 Å². The quantitative estimate of drug-likeness (QED) is 0.918. The van der Waals surface area contributed by atoms with E-state index in [4.69, 9.17) is 5.73 Å². The Balaban J connectivity index is 2.11. The minimum Gasteiger partial charge on any atom is -0.323 e. The predicted molar refractivity (Wildman–Crippen MR) is 75.1 cm³/mol. The average molecular weight is 327 g/mol. The number of rotatable bonds is 5. The molecule has 0 saturated heterocycles. The van der Waals surface area contributed by atoms with Crippen LogP contribution in [0.4, 0.5) is 4.39 Å². The molecule has 0 spiro atoms. The van der Waals surface area contributed by atoms with Gasteiger partial charge in [0.2, 0.25) is 0 Å². The molecule has 0 aliphatic carbocycles. The van der Waals surface area contributed by atoms with Gasteiger partial charge in [0.15, 0.2) is 0 Å². The highest BCUT2D eigenvalue weighted by Gasteiger charge is 2.11. The van der Waals surface area contributed by atoms with Crippen LogP contribution in [0.1, 0.15) is 37.1 Å². The van der Waals surface area contributed by atoms with E-state index in [9.17, 15) is 4.39 Å². The van der Waals surface area contributed by atoms with Gasteiger partial charge >= 0.3 is 0 Å². The van der Waals surface area contributed by atoms with Crippen LogP contribution in [-0.2, 0) is 6.54 Å². The van der Waals surface area contributed by atoms with Crippen LogP contribution < -0.4 is 5.73 Å². The number of hydrogen-bond donors (Lipinski definition) is 1. The fourth-order valence-electron chi connectivity index (χ4n) is 1.84. The first-order chi connectivity index (χ1) is 9.10. The summed E-state index contributed by atoms with van der Waals surface area (Å²) < 4.78 is 16.0. The summed E-state index contributed by atoms with van der Waals surface area (Å²) in [7, 11) is 0. The van der Waals surface area contributed by atoms with Crippen LogP contribution in [0.15, 0.2) is 28.9 Å². The predicted octanol–water partition coefficient (Wildman–Crippen LogP) is 3.03. The molecule has 0 radical (unpaired) electrons. The Kier molecular flexibility index (Phi) is 4.66. The second kappa shape index (κ2) is 6.25. The fraction of sp³-hybridized carbons (Fsp3) is 0.385. The van der Waals surface area contributed by atoms with Gasteiger partial charge < -0.3 is 5.73 Å². The van der Waals surface area contributed by atoms with E-state index in [1.165, 1.54) is 6.07 Å². The molecule has 1 aromatic heterocycles. The van der Waals surface area contributed by atoms with Gasteiger partial charge in [-0.3, -0.25) is 0 Å². The van der Waals surface area contributed by atoms with Crippen molar-refractivity contribution < 1.29 is 4.39 Å². The van der Waals surface area contributed by atoms with Crippen molar-refractivity contribution >= 4 is 15.9 Å². The molecule has 102 valence electrons. The molecule has 1 atom stereocenters. The Labute approximate surface area is 119 Å². The smallest absolute Gasteiger partial charge is 0.129 e. The van der Waals surface area contributed by atoms with E-state index >= 15 is 0 Å². The molecule has 2 aromatic rings. The first-order valence-electron chi connectivity index (χ1n) is 6.19. The van der Waals surface area contributed by atoms with E-state index in [1.54, 1.807) is 23.0 Å². The monoisotopic (exact) mass is 326 g/mol. The van der Waals surface area contributed by atoms with Gasteiger partial charge in [0, 0.05) is 10.0 Å². The third-order valence-corrected chi connectivity index (χ3v) is 3.38. The van der Waals surface area contributed by atoms with Crippen LogP contribution in [0, 0.1) is 5.82 Å². The Morgan fingerprint density at radius 1 is 1.47 bits per heavy atom. The lowest BCUT2D eigenvalue weighted by molar-refractivity contribution is 0.576. The van der Waals surface area contributed by atoms with E-state index < -0.39 is 0 Å². The molecule has 0 aliphatic rings. The zero-order chi connectivity index (χ0) is 13.8. The van der Waals surface area contributed by atoms with Gasteiger partial charge in [-0.05, 0) is 18.6 Å². The zero-order valence-corrected chi connectivity index (χ0v) is 12.3. The maximum absolute atomic E-state index is 13.7. The Morgan fingerprint density at radius 2 is 2.26 bits per heavy atom. The summed E-state index contributed by atoms with van der Waals surface area (Å²) in [6, 6.07) is 4.87. The largest absolute Gasteiger partial charge is 0.323 e. The number of benzene rings is 1. The minimum absolute atomic E-state index is 0.103. The van der Waals surface area contributed by atoms with Crippen LogP contribution in [0.25, 0.3) is 0 Å². The first-order valence-corrected chi connectivity index (χ1v) is 6.99. The molecule has 0 saturated carbocycles. The van der Waals surface area contributed by atoms with Crippen molar-refractivity contribution in [1.82, 2.24) is 15.0 Å². The Bertz CT molecular complexity index is 555. The summed E-state index contributed by atoms with van der Waals surface area (Å²) in [5, 5.41) is 8.02. The molecule has 2 N–H and O–H groups in total. The van der Waals surface area contributed by atoms with Crippen LogP contribution in [0.5, 0.6) is 0 Å². The van der Waals surface area contributed by atoms with Crippen molar-refractivity contribution in [3.05, 3.63) is 45.9 Å². The SMILES string of the molecule is CCCC(N)c1cn(Cc2ccc(Br)cc2F)nn1. The van der Waals surface area contributed by atoms with Crippen molar-refractivity contribution in [1.29, 1.82) is 0 Å². The zero-order valence-electron chi connectivity index (χ0n) is 10.7. The summed E-state index contributed by atoms with van der Waals surface area (Å²) in [5.74, 6) is -0.260. The van der Waals surface area contributed by atoms with Gasteiger partial charge in [0.05, 0.1) is 24.5 Å². The van der Waals surface area contributed by atoms with E-state index in [1.807, 2.05) is 0 Å². The molecule has 1 aromatic carbocycles. The van der Waals surface area contributed by atoms with Gasteiger partial charge in [-0.25, -0.2) is 9.07 Å². The second-order valence-electron chi connectivity index (χ2n) is 4.47. The van der Waals surface area contributed by atoms with Crippen molar-refractivity contribution in [2.75, 3.05) is 0 Å². The maximum Gasteiger partial charge on any atom is 0.129 e. The number of nitrogens with zero attached hydrogens (tertiary/aromatic N) is 3. The average Bonchev–Trinajstić information content (AvgIpc) is 2.82. The Morgan fingerprint density at radius 3 is 2.95 bits per heavy atom. The summed E-state index contributed by atoms with van der Waals surface area (Å²) in [6.45, 7) is 2.42. The van der Waals surface area contributed by atoms with E-state index in [2.05, 4.69) is 33.2 Å². The van der Waals surface area contributed by atoms with Crippen molar-refractivity contribution in [3.63, 3.8) is 0 Å². The van der Waals surface area contributed by atoms with Crippen molar-refractivity contribution in [3.8, 4) is 0 Å². The lowest BCUT2D eigenvalue weighted by Gasteiger charge is -2.05. The lowest BCUT2D eigenvalue weighted by Crippen LogP contribution is -2.10. The number of nitrogens with two attached hydrogens (primary N) is 1.